The van der Waals surface area contributed by atoms with Crippen molar-refractivity contribution in [2.24, 2.45) is 11.7 Å². The molecule has 1 atom stereocenters. The maximum atomic E-state index is 12.1. The molecule has 4 heteroatoms. The zero-order valence-electron chi connectivity index (χ0n) is 12.8. The Bertz CT molecular complexity index is 616. The lowest BCUT2D eigenvalue weighted by atomic mass is 10.00. The Balaban J connectivity index is 1.99. The van der Waals surface area contributed by atoms with Crippen molar-refractivity contribution in [3.63, 3.8) is 0 Å². The van der Waals surface area contributed by atoms with E-state index in [1.807, 2.05) is 54.2 Å². The molecule has 1 aromatic heterocycles. The van der Waals surface area contributed by atoms with Crippen LogP contribution in [0, 0.1) is 12.8 Å². The lowest BCUT2D eigenvalue weighted by Crippen LogP contribution is -2.19. The van der Waals surface area contributed by atoms with Gasteiger partial charge in [0.1, 0.15) is 6.54 Å². The van der Waals surface area contributed by atoms with Crippen molar-refractivity contribution in [1.82, 2.24) is 4.57 Å². The number of benzene rings is 1. The number of hydrogen-bond donors (Lipinski definition) is 2. The van der Waals surface area contributed by atoms with Crippen LogP contribution in [0.3, 0.4) is 0 Å². The number of hydrogen-bond acceptors (Lipinski definition) is 2. The van der Waals surface area contributed by atoms with Crippen LogP contribution in [0.5, 0.6) is 0 Å². The van der Waals surface area contributed by atoms with Crippen molar-refractivity contribution in [2.75, 3.05) is 5.32 Å². The first kappa shape index (κ1) is 15.3. The lowest BCUT2D eigenvalue weighted by Gasteiger charge is -2.13. The maximum absolute atomic E-state index is 12.1. The van der Waals surface area contributed by atoms with Gasteiger partial charge in [-0.05, 0) is 36.1 Å². The van der Waals surface area contributed by atoms with Crippen LogP contribution in [0.1, 0.15) is 31.0 Å². The lowest BCUT2D eigenvalue weighted by molar-refractivity contribution is -0.116. The second-order valence-electron chi connectivity index (χ2n) is 5.75. The molecule has 0 aliphatic rings. The molecule has 1 heterocycles. The van der Waals surface area contributed by atoms with Gasteiger partial charge in [0.05, 0.1) is 0 Å². The first-order valence-corrected chi connectivity index (χ1v) is 7.24. The first-order valence-electron chi connectivity index (χ1n) is 7.24. The Hall–Kier alpha value is -2.07. The summed E-state index contributed by atoms with van der Waals surface area (Å²) in [5.41, 5.74) is 9.09. The molecule has 0 fully saturated rings. The Morgan fingerprint density at radius 3 is 2.67 bits per heavy atom. The molecule has 2 aromatic rings. The molecule has 0 aliphatic heterocycles. The summed E-state index contributed by atoms with van der Waals surface area (Å²) in [5.74, 6) is 0.339. The van der Waals surface area contributed by atoms with Crippen LogP contribution in [-0.4, -0.2) is 10.5 Å². The van der Waals surface area contributed by atoms with Gasteiger partial charge in [0.2, 0.25) is 5.91 Å². The van der Waals surface area contributed by atoms with Crippen molar-refractivity contribution in [3.8, 4) is 0 Å². The van der Waals surface area contributed by atoms with Crippen LogP contribution in [-0.2, 0) is 11.3 Å². The molecular weight excluding hydrogens is 262 g/mol. The number of para-hydroxylation sites is 1. The van der Waals surface area contributed by atoms with Gasteiger partial charge in [-0.1, -0.05) is 32.0 Å². The number of nitrogens with two attached hydrogens (primary N) is 1. The molecule has 0 saturated carbocycles. The second-order valence-corrected chi connectivity index (χ2v) is 5.75. The molecule has 21 heavy (non-hydrogen) atoms. The van der Waals surface area contributed by atoms with E-state index in [0.29, 0.717) is 12.5 Å². The average Bonchev–Trinajstić information content (AvgIpc) is 2.88. The van der Waals surface area contributed by atoms with Gasteiger partial charge in [0, 0.05) is 24.1 Å². The molecule has 4 nitrogen and oxygen atoms in total. The third-order valence-electron chi connectivity index (χ3n) is 3.62. The topological polar surface area (TPSA) is 60.0 Å². The second kappa shape index (κ2) is 6.59. The zero-order chi connectivity index (χ0) is 15.4. The third kappa shape index (κ3) is 3.95. The number of amides is 1. The van der Waals surface area contributed by atoms with Crippen LogP contribution in [0.25, 0.3) is 0 Å². The van der Waals surface area contributed by atoms with Crippen molar-refractivity contribution in [2.45, 2.75) is 33.4 Å². The van der Waals surface area contributed by atoms with Gasteiger partial charge in [0.25, 0.3) is 0 Å². The fraction of sp³-hybridized carbons (Fsp3) is 0.353. The maximum Gasteiger partial charge on any atom is 0.244 e. The number of aromatic nitrogens is 1. The van der Waals surface area contributed by atoms with E-state index >= 15 is 0 Å². The Morgan fingerprint density at radius 1 is 1.29 bits per heavy atom. The van der Waals surface area contributed by atoms with E-state index in [1.54, 1.807) is 0 Å². The van der Waals surface area contributed by atoms with Crippen molar-refractivity contribution >= 4 is 11.6 Å². The highest BCUT2D eigenvalue weighted by Crippen LogP contribution is 2.19. The molecule has 1 aromatic carbocycles. The normalized spacial score (nSPS) is 12.4. The predicted molar refractivity (Wildman–Crippen MR) is 86.0 cm³/mol. The minimum absolute atomic E-state index is 0.00526. The van der Waals surface area contributed by atoms with Crippen LogP contribution in [0.15, 0.2) is 42.7 Å². The van der Waals surface area contributed by atoms with Crippen molar-refractivity contribution in [3.05, 3.63) is 53.9 Å². The number of nitrogens with one attached hydrogen (secondary N) is 1. The van der Waals surface area contributed by atoms with Gasteiger partial charge in [-0.15, -0.1) is 0 Å². The number of nitrogens with zero attached hydrogens (tertiary/aromatic N) is 1. The molecule has 3 N–H and O–H groups in total. The fourth-order valence-corrected chi connectivity index (χ4v) is 2.21. The summed E-state index contributed by atoms with van der Waals surface area (Å²) in [6.45, 7) is 6.45. The number of anilines is 1. The summed E-state index contributed by atoms with van der Waals surface area (Å²) in [5, 5.41) is 2.93. The van der Waals surface area contributed by atoms with E-state index in [9.17, 15) is 4.79 Å². The van der Waals surface area contributed by atoms with E-state index in [4.69, 9.17) is 5.73 Å². The number of rotatable bonds is 5. The highest BCUT2D eigenvalue weighted by molar-refractivity contribution is 5.91. The number of aryl methyl sites for hydroxylation is 1. The summed E-state index contributed by atoms with van der Waals surface area (Å²) in [6, 6.07) is 9.74. The zero-order valence-corrected chi connectivity index (χ0v) is 12.8. The molecular formula is C17H23N3O. The molecule has 0 spiro atoms. The standard InChI is InChI=1S/C17H23N3O/c1-12(2)17(18)14-8-9-20(10-14)11-16(21)19-15-7-5-4-6-13(15)3/h4-10,12,17H,11,18H2,1-3H3,(H,19,21). The van der Waals surface area contributed by atoms with Gasteiger partial charge in [0.15, 0.2) is 0 Å². The molecule has 0 bridgehead atoms. The average molecular weight is 285 g/mol. The monoisotopic (exact) mass is 285 g/mol. The van der Waals surface area contributed by atoms with Crippen LogP contribution < -0.4 is 11.1 Å². The van der Waals surface area contributed by atoms with E-state index in [0.717, 1.165) is 16.8 Å². The van der Waals surface area contributed by atoms with E-state index in [2.05, 4.69) is 19.2 Å². The molecule has 0 saturated heterocycles. The summed E-state index contributed by atoms with van der Waals surface area (Å²) in [7, 11) is 0. The number of carbonyl (C=O) groups excluding carboxylic acids is 1. The summed E-state index contributed by atoms with van der Waals surface area (Å²) >= 11 is 0. The van der Waals surface area contributed by atoms with E-state index in [1.165, 1.54) is 0 Å². The van der Waals surface area contributed by atoms with Gasteiger partial charge in [-0.2, -0.15) is 0 Å². The molecule has 0 aliphatic carbocycles. The van der Waals surface area contributed by atoms with Crippen LogP contribution in [0.2, 0.25) is 0 Å². The van der Waals surface area contributed by atoms with Crippen molar-refractivity contribution < 1.29 is 4.79 Å². The van der Waals surface area contributed by atoms with Gasteiger partial charge in [-0.25, -0.2) is 0 Å². The molecule has 2 rings (SSSR count). The minimum atomic E-state index is -0.0374. The highest BCUT2D eigenvalue weighted by atomic mass is 16.1. The fourth-order valence-electron chi connectivity index (χ4n) is 2.21. The predicted octanol–water partition coefficient (Wildman–Crippen LogP) is 3.09. The number of carbonyl (C=O) groups is 1. The molecule has 1 amide bonds. The minimum Gasteiger partial charge on any atom is -0.345 e. The Kier molecular flexibility index (Phi) is 4.81. The SMILES string of the molecule is Cc1ccccc1NC(=O)Cn1ccc(C(N)C(C)C)c1. The Labute approximate surface area is 126 Å². The van der Waals surface area contributed by atoms with Gasteiger partial charge >= 0.3 is 0 Å². The summed E-state index contributed by atoms with van der Waals surface area (Å²) in [6.07, 6.45) is 3.84. The van der Waals surface area contributed by atoms with Crippen LogP contribution >= 0.6 is 0 Å². The summed E-state index contributed by atoms with van der Waals surface area (Å²) in [4.78, 5) is 12.1. The smallest absolute Gasteiger partial charge is 0.244 e. The van der Waals surface area contributed by atoms with E-state index in [-0.39, 0.29) is 11.9 Å². The highest BCUT2D eigenvalue weighted by Gasteiger charge is 2.12. The molecule has 0 radical (unpaired) electrons. The van der Waals surface area contributed by atoms with Crippen molar-refractivity contribution in [1.29, 1.82) is 0 Å². The van der Waals surface area contributed by atoms with Gasteiger partial charge in [-0.3, -0.25) is 4.79 Å². The molecule has 112 valence electrons. The van der Waals surface area contributed by atoms with Gasteiger partial charge < -0.3 is 15.6 Å². The molecule has 1 unspecified atom stereocenters. The van der Waals surface area contributed by atoms with E-state index < -0.39 is 0 Å². The summed E-state index contributed by atoms with van der Waals surface area (Å²) < 4.78 is 1.87. The Morgan fingerprint density at radius 2 is 2.00 bits per heavy atom. The quantitative estimate of drug-likeness (QED) is 0.887. The van der Waals surface area contributed by atoms with Crippen LogP contribution in [0.4, 0.5) is 5.69 Å². The largest absolute Gasteiger partial charge is 0.345 e. The third-order valence-corrected chi connectivity index (χ3v) is 3.62. The first-order chi connectivity index (χ1) is 9.97.